The van der Waals surface area contributed by atoms with E-state index in [2.05, 4.69) is 15.1 Å². The highest BCUT2D eigenvalue weighted by atomic mass is 32.1. The highest BCUT2D eigenvalue weighted by Gasteiger charge is 2.12. The molecule has 1 saturated heterocycles. The van der Waals surface area contributed by atoms with Crippen molar-refractivity contribution < 1.29 is 9.15 Å². The fourth-order valence-corrected chi connectivity index (χ4v) is 1.42. The largest absolute Gasteiger partial charge is 0.413 e. The van der Waals surface area contributed by atoms with Gasteiger partial charge in [-0.3, -0.25) is 4.90 Å². The molecule has 0 atom stereocenters. The number of aromatic amines is 1. The molecule has 6 heteroatoms. The van der Waals surface area contributed by atoms with Crippen LogP contribution in [0, 0.1) is 4.84 Å². The molecular formula is C7H11N3O2S. The van der Waals surface area contributed by atoms with Gasteiger partial charge in [-0.25, -0.2) is 5.10 Å². The second-order valence-corrected chi connectivity index (χ2v) is 3.27. The molecule has 0 saturated carbocycles. The first-order valence-corrected chi connectivity index (χ1v) is 4.60. The van der Waals surface area contributed by atoms with E-state index in [1.54, 1.807) is 0 Å². The summed E-state index contributed by atoms with van der Waals surface area (Å²) in [6, 6.07) is 0. The summed E-state index contributed by atoms with van der Waals surface area (Å²) >= 11 is 4.77. The molecule has 0 aliphatic carbocycles. The van der Waals surface area contributed by atoms with Crippen LogP contribution in [0.15, 0.2) is 4.42 Å². The van der Waals surface area contributed by atoms with Gasteiger partial charge in [0, 0.05) is 13.1 Å². The lowest BCUT2D eigenvalue weighted by Crippen LogP contribution is -2.35. The molecule has 1 fully saturated rings. The number of ether oxygens (including phenoxy) is 1. The number of hydrogen-bond acceptors (Lipinski definition) is 5. The summed E-state index contributed by atoms with van der Waals surface area (Å²) in [5.74, 6) is 0.645. The molecule has 2 rings (SSSR count). The number of nitrogens with one attached hydrogen (secondary N) is 1. The molecule has 2 heterocycles. The van der Waals surface area contributed by atoms with Crippen LogP contribution in [-0.2, 0) is 11.3 Å². The van der Waals surface area contributed by atoms with Crippen molar-refractivity contribution in [3.05, 3.63) is 10.7 Å². The smallest absolute Gasteiger partial charge is 0.284 e. The zero-order chi connectivity index (χ0) is 9.10. The minimum atomic E-state index is 0.336. The Labute approximate surface area is 80.7 Å². The van der Waals surface area contributed by atoms with Gasteiger partial charge in [-0.1, -0.05) is 0 Å². The molecule has 0 bridgehead atoms. The van der Waals surface area contributed by atoms with E-state index in [4.69, 9.17) is 21.4 Å². The molecule has 0 unspecified atom stereocenters. The molecule has 1 aromatic heterocycles. The first-order chi connectivity index (χ1) is 6.34. The van der Waals surface area contributed by atoms with Crippen LogP contribution in [0.1, 0.15) is 5.89 Å². The van der Waals surface area contributed by atoms with Crippen molar-refractivity contribution in [1.82, 2.24) is 15.1 Å². The number of morpholine rings is 1. The number of rotatable bonds is 2. The highest BCUT2D eigenvalue weighted by molar-refractivity contribution is 7.71. The van der Waals surface area contributed by atoms with Gasteiger partial charge in [-0.15, -0.1) is 5.10 Å². The average molecular weight is 201 g/mol. The number of H-pyrrole nitrogens is 1. The van der Waals surface area contributed by atoms with E-state index in [0.717, 1.165) is 26.3 Å². The van der Waals surface area contributed by atoms with Crippen LogP contribution in [0.25, 0.3) is 0 Å². The fraction of sp³-hybridized carbons (Fsp3) is 0.714. The van der Waals surface area contributed by atoms with E-state index in [-0.39, 0.29) is 0 Å². The van der Waals surface area contributed by atoms with Gasteiger partial charge in [-0.2, -0.15) is 0 Å². The minimum Gasteiger partial charge on any atom is -0.413 e. The average Bonchev–Trinajstić information content (AvgIpc) is 2.53. The molecule has 0 aromatic carbocycles. The van der Waals surface area contributed by atoms with Crippen molar-refractivity contribution in [3.8, 4) is 0 Å². The van der Waals surface area contributed by atoms with E-state index in [1.807, 2.05) is 0 Å². The van der Waals surface area contributed by atoms with Gasteiger partial charge in [0.15, 0.2) is 0 Å². The maximum Gasteiger partial charge on any atom is 0.284 e. The molecule has 0 amide bonds. The monoisotopic (exact) mass is 201 g/mol. The summed E-state index contributed by atoms with van der Waals surface area (Å²) in [5.41, 5.74) is 0. The van der Waals surface area contributed by atoms with E-state index in [1.165, 1.54) is 0 Å². The van der Waals surface area contributed by atoms with Crippen LogP contribution in [0.3, 0.4) is 0 Å². The lowest BCUT2D eigenvalue weighted by Gasteiger charge is -2.24. The van der Waals surface area contributed by atoms with Crippen molar-refractivity contribution in [2.45, 2.75) is 6.54 Å². The Kier molecular flexibility index (Phi) is 2.72. The Balaban J connectivity index is 1.93. The van der Waals surface area contributed by atoms with Gasteiger partial charge in [0.05, 0.1) is 19.8 Å². The van der Waals surface area contributed by atoms with Crippen molar-refractivity contribution >= 4 is 12.2 Å². The predicted octanol–water partition coefficient (Wildman–Crippen LogP) is 0.564. The van der Waals surface area contributed by atoms with Crippen LogP contribution in [0.2, 0.25) is 0 Å². The van der Waals surface area contributed by atoms with Gasteiger partial charge in [0.1, 0.15) is 0 Å². The van der Waals surface area contributed by atoms with Crippen molar-refractivity contribution in [3.63, 3.8) is 0 Å². The standard InChI is InChI=1S/C7H11N3O2S/c13-7-9-8-6(12-7)5-10-1-3-11-4-2-10/h1-5H2,(H,9,13). The molecule has 1 aliphatic rings. The Bertz CT molecular complexity index is 316. The van der Waals surface area contributed by atoms with Crippen LogP contribution >= 0.6 is 12.2 Å². The zero-order valence-electron chi connectivity index (χ0n) is 7.15. The summed E-state index contributed by atoms with van der Waals surface area (Å²) in [7, 11) is 0. The summed E-state index contributed by atoms with van der Waals surface area (Å²) in [4.78, 5) is 2.56. The lowest BCUT2D eigenvalue weighted by molar-refractivity contribution is 0.0305. The SMILES string of the molecule is S=c1[nH]nc(CN2CCOCC2)o1. The molecule has 1 aromatic rings. The molecule has 72 valence electrons. The Morgan fingerprint density at radius 3 is 2.85 bits per heavy atom. The minimum absolute atomic E-state index is 0.336. The van der Waals surface area contributed by atoms with Crippen LogP contribution in [0.5, 0.6) is 0 Å². The molecule has 1 aliphatic heterocycles. The molecule has 0 radical (unpaired) electrons. The fourth-order valence-electron chi connectivity index (χ4n) is 1.28. The first-order valence-electron chi connectivity index (χ1n) is 4.19. The topological polar surface area (TPSA) is 54.3 Å². The van der Waals surface area contributed by atoms with Gasteiger partial charge in [0.25, 0.3) is 4.84 Å². The van der Waals surface area contributed by atoms with Gasteiger partial charge in [-0.05, 0) is 12.2 Å². The summed E-state index contributed by atoms with van der Waals surface area (Å²) < 4.78 is 10.4. The lowest BCUT2D eigenvalue weighted by atomic mass is 10.4. The van der Waals surface area contributed by atoms with Crippen LogP contribution < -0.4 is 0 Å². The third kappa shape index (κ3) is 2.36. The van der Waals surface area contributed by atoms with Gasteiger partial charge < -0.3 is 9.15 Å². The number of nitrogens with zero attached hydrogens (tertiary/aromatic N) is 2. The third-order valence-electron chi connectivity index (χ3n) is 1.94. The molecular weight excluding hydrogens is 190 g/mol. The van der Waals surface area contributed by atoms with Gasteiger partial charge >= 0.3 is 0 Å². The van der Waals surface area contributed by atoms with Gasteiger partial charge in [0.2, 0.25) is 5.89 Å². The van der Waals surface area contributed by atoms with Crippen molar-refractivity contribution in [1.29, 1.82) is 0 Å². The number of hydrogen-bond donors (Lipinski definition) is 1. The quantitative estimate of drug-likeness (QED) is 0.709. The maximum absolute atomic E-state index is 5.22. The predicted molar refractivity (Wildman–Crippen MR) is 47.8 cm³/mol. The van der Waals surface area contributed by atoms with E-state index in [0.29, 0.717) is 17.3 Å². The van der Waals surface area contributed by atoms with Crippen molar-refractivity contribution in [2.75, 3.05) is 26.3 Å². The van der Waals surface area contributed by atoms with Crippen molar-refractivity contribution in [2.24, 2.45) is 0 Å². The Morgan fingerprint density at radius 2 is 2.23 bits per heavy atom. The Morgan fingerprint density at radius 1 is 1.46 bits per heavy atom. The van der Waals surface area contributed by atoms with E-state index >= 15 is 0 Å². The molecule has 1 N–H and O–H groups in total. The summed E-state index contributed by atoms with van der Waals surface area (Å²) in [6.45, 7) is 4.12. The first kappa shape index (κ1) is 8.86. The second-order valence-electron chi connectivity index (χ2n) is 2.90. The zero-order valence-corrected chi connectivity index (χ0v) is 7.97. The maximum atomic E-state index is 5.22. The molecule has 13 heavy (non-hydrogen) atoms. The number of aromatic nitrogens is 2. The third-order valence-corrected chi connectivity index (χ3v) is 2.12. The summed E-state index contributed by atoms with van der Waals surface area (Å²) in [6.07, 6.45) is 0. The summed E-state index contributed by atoms with van der Waals surface area (Å²) in [5, 5.41) is 6.53. The molecule has 0 spiro atoms. The normalized spacial score (nSPS) is 19.1. The highest BCUT2D eigenvalue weighted by Crippen LogP contribution is 2.03. The van der Waals surface area contributed by atoms with E-state index < -0.39 is 0 Å². The molecule has 5 nitrogen and oxygen atoms in total. The second kappa shape index (κ2) is 3.99. The Hall–Kier alpha value is -0.720. The van der Waals surface area contributed by atoms with Crippen LogP contribution in [-0.4, -0.2) is 41.4 Å². The van der Waals surface area contributed by atoms with E-state index in [9.17, 15) is 0 Å². The van der Waals surface area contributed by atoms with Crippen LogP contribution in [0.4, 0.5) is 0 Å².